The smallest absolute Gasteiger partial charge is 0.286 e. The second-order valence-corrected chi connectivity index (χ2v) is 8.67. The van der Waals surface area contributed by atoms with Gasteiger partial charge in [-0.3, -0.25) is 10.2 Å². The first-order valence-corrected chi connectivity index (χ1v) is 11.7. The van der Waals surface area contributed by atoms with Gasteiger partial charge in [-0.05, 0) is 69.5 Å². The first kappa shape index (κ1) is 23.9. The normalized spacial score (nSPS) is 14.2. The lowest BCUT2D eigenvalue weighted by Crippen LogP contribution is -2.45. The number of aryl methyl sites for hydroxylation is 2. The van der Waals surface area contributed by atoms with Crippen molar-refractivity contribution < 1.29 is 14.3 Å². The van der Waals surface area contributed by atoms with Gasteiger partial charge in [-0.2, -0.15) is 5.10 Å². The summed E-state index contributed by atoms with van der Waals surface area (Å²) in [6, 6.07) is 13.9. The Hall–Kier alpha value is -3.20. The molecule has 1 saturated heterocycles. The van der Waals surface area contributed by atoms with Gasteiger partial charge in [0, 0.05) is 24.2 Å². The number of benzene rings is 2. The van der Waals surface area contributed by atoms with Crippen LogP contribution in [0.5, 0.6) is 5.75 Å². The predicted molar refractivity (Wildman–Crippen MR) is 132 cm³/mol. The van der Waals surface area contributed by atoms with Crippen molar-refractivity contribution in [3.63, 3.8) is 0 Å². The number of piperidine rings is 1. The quantitative estimate of drug-likeness (QED) is 0.389. The topological polar surface area (TPSA) is 94.6 Å². The van der Waals surface area contributed by atoms with Crippen molar-refractivity contribution in [3.05, 3.63) is 64.8 Å². The van der Waals surface area contributed by atoms with E-state index in [-0.39, 0.29) is 19.4 Å². The molecule has 1 aromatic heterocycles. The number of amides is 1. The van der Waals surface area contributed by atoms with E-state index in [0.29, 0.717) is 11.4 Å². The average molecular weight is 464 g/mol. The van der Waals surface area contributed by atoms with E-state index in [4.69, 9.17) is 20.3 Å². The average Bonchev–Trinajstić information content (AvgIpc) is 3.17. The van der Waals surface area contributed by atoms with Gasteiger partial charge in [-0.25, -0.2) is 9.69 Å². The lowest BCUT2D eigenvalue weighted by Gasteiger charge is -2.26. The molecule has 8 heteroatoms. The number of hydrogen-bond donors (Lipinski definition) is 2. The summed E-state index contributed by atoms with van der Waals surface area (Å²) in [4.78, 5) is 13.2. The summed E-state index contributed by atoms with van der Waals surface area (Å²) in [7, 11) is 0. The minimum absolute atomic E-state index is 0.0934. The van der Waals surface area contributed by atoms with Crippen LogP contribution in [0.4, 0.5) is 0 Å². The van der Waals surface area contributed by atoms with Crippen LogP contribution in [-0.4, -0.2) is 47.3 Å². The van der Waals surface area contributed by atoms with Crippen LogP contribution in [0.25, 0.3) is 16.9 Å². The van der Waals surface area contributed by atoms with Crippen molar-refractivity contribution in [2.45, 2.75) is 40.0 Å². The molecular formula is C26H33N5O3. The molecule has 180 valence electrons. The Balaban J connectivity index is 1.72. The van der Waals surface area contributed by atoms with Crippen LogP contribution in [0.1, 0.15) is 46.4 Å². The standard InChI is InChI=1S/C26H33N5O3/c1-18-7-12-23(19(2)15-18)31-25(21-8-10-22(11-9-21)34-17-33-16-27)20(3)24(28-31)26(32)29-30-13-5-4-6-14-30/h7-12,15H,4-6,13-14,16-17,27H2,1-3H3,(H,29,32). The molecule has 0 atom stereocenters. The summed E-state index contributed by atoms with van der Waals surface area (Å²) in [5.74, 6) is 0.499. The van der Waals surface area contributed by atoms with Gasteiger partial charge in [-0.15, -0.1) is 0 Å². The van der Waals surface area contributed by atoms with Gasteiger partial charge < -0.3 is 15.2 Å². The van der Waals surface area contributed by atoms with E-state index >= 15 is 0 Å². The van der Waals surface area contributed by atoms with E-state index in [1.807, 2.05) is 40.9 Å². The van der Waals surface area contributed by atoms with Gasteiger partial charge in [0.15, 0.2) is 12.5 Å². The molecule has 0 saturated carbocycles. The summed E-state index contributed by atoms with van der Waals surface area (Å²) >= 11 is 0. The van der Waals surface area contributed by atoms with E-state index in [0.717, 1.165) is 54.0 Å². The zero-order valence-corrected chi connectivity index (χ0v) is 20.1. The van der Waals surface area contributed by atoms with Crippen LogP contribution in [0.3, 0.4) is 0 Å². The fraction of sp³-hybridized carbons (Fsp3) is 0.385. The van der Waals surface area contributed by atoms with Crippen molar-refractivity contribution >= 4 is 5.91 Å². The molecule has 3 aromatic rings. The zero-order chi connectivity index (χ0) is 24.1. The maximum absolute atomic E-state index is 13.2. The van der Waals surface area contributed by atoms with E-state index in [1.54, 1.807) is 0 Å². The van der Waals surface area contributed by atoms with Crippen LogP contribution < -0.4 is 15.9 Å². The van der Waals surface area contributed by atoms with Crippen molar-refractivity contribution in [2.75, 3.05) is 26.6 Å². The maximum Gasteiger partial charge on any atom is 0.286 e. The SMILES string of the molecule is Cc1ccc(-n2nc(C(=O)NN3CCCCC3)c(C)c2-c2ccc(OCOCN)cc2)c(C)c1. The predicted octanol–water partition coefficient (Wildman–Crippen LogP) is 3.86. The van der Waals surface area contributed by atoms with Crippen LogP contribution in [0.15, 0.2) is 42.5 Å². The summed E-state index contributed by atoms with van der Waals surface area (Å²) < 4.78 is 12.5. The van der Waals surface area contributed by atoms with E-state index in [9.17, 15) is 4.79 Å². The third-order valence-electron chi connectivity index (χ3n) is 6.09. The van der Waals surface area contributed by atoms with E-state index < -0.39 is 0 Å². The van der Waals surface area contributed by atoms with Crippen molar-refractivity contribution in [3.8, 4) is 22.7 Å². The molecule has 0 unspecified atom stereocenters. The number of nitrogens with one attached hydrogen (secondary N) is 1. The number of nitrogens with two attached hydrogens (primary N) is 1. The fourth-order valence-electron chi connectivity index (χ4n) is 4.34. The second kappa shape index (κ2) is 10.8. The van der Waals surface area contributed by atoms with Crippen molar-refractivity contribution in [1.29, 1.82) is 0 Å². The van der Waals surface area contributed by atoms with Gasteiger partial charge in [0.1, 0.15) is 5.75 Å². The second-order valence-electron chi connectivity index (χ2n) is 8.67. The van der Waals surface area contributed by atoms with Gasteiger partial charge in [-0.1, -0.05) is 24.1 Å². The number of carbonyl (C=O) groups is 1. The highest BCUT2D eigenvalue weighted by Gasteiger charge is 2.24. The van der Waals surface area contributed by atoms with Crippen LogP contribution in [0, 0.1) is 20.8 Å². The minimum Gasteiger partial charge on any atom is -0.468 e. The molecule has 1 aliphatic heterocycles. The third-order valence-corrected chi connectivity index (χ3v) is 6.09. The molecule has 3 N–H and O–H groups in total. The number of ether oxygens (including phenoxy) is 2. The van der Waals surface area contributed by atoms with Gasteiger partial charge >= 0.3 is 0 Å². The first-order chi connectivity index (χ1) is 16.5. The number of hydrazine groups is 1. The molecule has 4 rings (SSSR count). The number of nitrogens with zero attached hydrogens (tertiary/aromatic N) is 3. The van der Waals surface area contributed by atoms with Gasteiger partial charge in [0.2, 0.25) is 0 Å². The summed E-state index contributed by atoms with van der Waals surface area (Å²) in [6.45, 7) is 8.01. The van der Waals surface area contributed by atoms with Crippen LogP contribution in [0.2, 0.25) is 0 Å². The highest BCUT2D eigenvalue weighted by Crippen LogP contribution is 2.31. The third kappa shape index (κ3) is 5.30. The monoisotopic (exact) mass is 463 g/mol. The molecule has 1 aliphatic rings. The number of hydrogen-bond acceptors (Lipinski definition) is 6. The molecule has 1 amide bonds. The molecule has 0 spiro atoms. The molecule has 0 bridgehead atoms. The van der Waals surface area contributed by atoms with Crippen LogP contribution >= 0.6 is 0 Å². The van der Waals surface area contributed by atoms with Crippen LogP contribution in [-0.2, 0) is 4.74 Å². The van der Waals surface area contributed by atoms with Crippen molar-refractivity contribution in [2.24, 2.45) is 5.73 Å². The Morgan fingerprint density at radius 1 is 1.06 bits per heavy atom. The molecular weight excluding hydrogens is 430 g/mol. The molecule has 2 aromatic carbocycles. The zero-order valence-electron chi connectivity index (χ0n) is 20.1. The number of carbonyl (C=O) groups excluding carboxylic acids is 1. The number of rotatable bonds is 8. The van der Waals surface area contributed by atoms with Gasteiger partial charge in [0.25, 0.3) is 5.91 Å². The molecule has 8 nitrogen and oxygen atoms in total. The van der Waals surface area contributed by atoms with E-state index in [1.165, 1.54) is 12.0 Å². The lowest BCUT2D eigenvalue weighted by molar-refractivity contribution is 0.0187. The fourth-order valence-corrected chi connectivity index (χ4v) is 4.34. The Kier molecular flexibility index (Phi) is 7.62. The summed E-state index contributed by atoms with van der Waals surface area (Å²) in [5, 5.41) is 6.80. The molecule has 34 heavy (non-hydrogen) atoms. The first-order valence-electron chi connectivity index (χ1n) is 11.7. The maximum atomic E-state index is 13.2. The molecule has 0 aliphatic carbocycles. The Morgan fingerprint density at radius 2 is 1.79 bits per heavy atom. The highest BCUT2D eigenvalue weighted by atomic mass is 16.7. The largest absolute Gasteiger partial charge is 0.468 e. The lowest BCUT2D eigenvalue weighted by atomic mass is 10.0. The van der Waals surface area contributed by atoms with E-state index in [2.05, 4.69) is 37.5 Å². The summed E-state index contributed by atoms with van der Waals surface area (Å²) in [6.07, 6.45) is 3.38. The Labute approximate surface area is 200 Å². The van der Waals surface area contributed by atoms with Gasteiger partial charge in [0.05, 0.1) is 18.1 Å². The Bertz CT molecular complexity index is 1130. The number of aromatic nitrogens is 2. The molecule has 2 heterocycles. The summed E-state index contributed by atoms with van der Waals surface area (Å²) in [5.41, 5.74) is 14.7. The highest BCUT2D eigenvalue weighted by molar-refractivity contribution is 5.95. The molecule has 0 radical (unpaired) electrons. The minimum atomic E-state index is -0.178. The molecule has 1 fully saturated rings. The Morgan fingerprint density at radius 3 is 2.47 bits per heavy atom. The van der Waals surface area contributed by atoms with Crippen molar-refractivity contribution in [1.82, 2.24) is 20.2 Å².